The maximum absolute atomic E-state index is 9.57. The van der Waals surface area contributed by atoms with Crippen molar-refractivity contribution in [2.75, 3.05) is 31.5 Å². The van der Waals surface area contributed by atoms with E-state index in [4.69, 9.17) is 12.2 Å². The summed E-state index contributed by atoms with van der Waals surface area (Å²) in [5.74, 6) is 0.328. The number of hydrogen-bond donors (Lipinski definition) is 2. The summed E-state index contributed by atoms with van der Waals surface area (Å²) in [7, 11) is 0. The number of thiocarbonyl (C=S) groups is 1. The molecule has 0 unspecified atom stereocenters. The molecule has 2 aromatic carbocycles. The van der Waals surface area contributed by atoms with Gasteiger partial charge >= 0.3 is 0 Å². The summed E-state index contributed by atoms with van der Waals surface area (Å²) < 4.78 is 0. The van der Waals surface area contributed by atoms with E-state index in [1.807, 2.05) is 24.3 Å². The molecule has 0 aromatic heterocycles. The van der Waals surface area contributed by atoms with Gasteiger partial charge in [0.15, 0.2) is 5.11 Å². The summed E-state index contributed by atoms with van der Waals surface area (Å²) in [4.78, 5) is 4.61. The van der Waals surface area contributed by atoms with Crippen molar-refractivity contribution in [3.05, 3.63) is 59.7 Å². The van der Waals surface area contributed by atoms with Crippen LogP contribution in [0, 0.1) is 6.92 Å². The number of piperazine rings is 1. The molecule has 2 N–H and O–H groups in total. The lowest BCUT2D eigenvalue weighted by atomic mass is 10.2. The molecule has 0 aliphatic carbocycles. The molecule has 0 radical (unpaired) electrons. The average Bonchev–Trinajstić information content (AvgIpc) is 2.57. The highest BCUT2D eigenvalue weighted by molar-refractivity contribution is 7.80. The Kier molecular flexibility index (Phi) is 5.33. The molecule has 0 bridgehead atoms. The predicted octanol–water partition coefficient (Wildman–Crippen LogP) is 3.22. The molecule has 1 heterocycles. The number of rotatable bonds is 3. The number of benzene rings is 2. The third kappa shape index (κ3) is 4.24. The molecule has 5 heteroatoms. The molecular weight excluding hydrogens is 318 g/mol. The molecule has 4 nitrogen and oxygen atoms in total. The van der Waals surface area contributed by atoms with Crippen LogP contribution in [0.3, 0.4) is 0 Å². The fraction of sp³-hybridized carbons (Fsp3) is 0.316. The van der Waals surface area contributed by atoms with Gasteiger partial charge in [-0.2, -0.15) is 0 Å². The zero-order valence-electron chi connectivity index (χ0n) is 13.9. The maximum atomic E-state index is 9.57. The van der Waals surface area contributed by atoms with Gasteiger partial charge in [-0.15, -0.1) is 0 Å². The number of hydrogen-bond acceptors (Lipinski definition) is 3. The van der Waals surface area contributed by atoms with Crippen LogP contribution in [0.2, 0.25) is 0 Å². The largest absolute Gasteiger partial charge is 0.508 e. The van der Waals surface area contributed by atoms with E-state index in [1.54, 1.807) is 6.07 Å². The Hall–Kier alpha value is -2.11. The Bertz CT molecular complexity index is 711. The molecular formula is C19H23N3OS. The van der Waals surface area contributed by atoms with Crippen LogP contribution in [0.15, 0.2) is 48.5 Å². The van der Waals surface area contributed by atoms with Crippen LogP contribution < -0.4 is 5.32 Å². The highest BCUT2D eigenvalue weighted by atomic mass is 32.1. The highest BCUT2D eigenvalue weighted by Crippen LogP contribution is 2.16. The molecule has 0 amide bonds. The fourth-order valence-corrected chi connectivity index (χ4v) is 3.22. The van der Waals surface area contributed by atoms with Crippen molar-refractivity contribution in [2.45, 2.75) is 13.5 Å². The molecule has 0 saturated carbocycles. The van der Waals surface area contributed by atoms with Crippen LogP contribution in [0.4, 0.5) is 5.69 Å². The minimum atomic E-state index is 0.328. The molecule has 1 aliphatic heterocycles. The molecule has 1 fully saturated rings. The SMILES string of the molecule is Cc1ccccc1NC(=S)N1CCN(Cc2cccc(O)c2)CC1. The van der Waals surface area contributed by atoms with Crippen LogP contribution >= 0.6 is 12.2 Å². The van der Waals surface area contributed by atoms with Gasteiger partial charge in [-0.25, -0.2) is 0 Å². The van der Waals surface area contributed by atoms with Gasteiger partial charge in [0.2, 0.25) is 0 Å². The van der Waals surface area contributed by atoms with Crippen molar-refractivity contribution >= 4 is 23.0 Å². The second-order valence-corrected chi connectivity index (χ2v) is 6.56. The van der Waals surface area contributed by atoms with Crippen LogP contribution in [-0.2, 0) is 6.54 Å². The van der Waals surface area contributed by atoms with Crippen molar-refractivity contribution in [2.24, 2.45) is 0 Å². The van der Waals surface area contributed by atoms with Crippen molar-refractivity contribution in [1.82, 2.24) is 9.80 Å². The summed E-state index contributed by atoms with van der Waals surface area (Å²) in [5, 5.41) is 13.7. The number of anilines is 1. The van der Waals surface area contributed by atoms with Crippen LogP contribution in [0.1, 0.15) is 11.1 Å². The van der Waals surface area contributed by atoms with E-state index in [9.17, 15) is 5.11 Å². The number of nitrogens with zero attached hydrogens (tertiary/aromatic N) is 2. The first kappa shape index (κ1) is 16.7. The second-order valence-electron chi connectivity index (χ2n) is 6.18. The van der Waals surface area contributed by atoms with Crippen molar-refractivity contribution < 1.29 is 5.11 Å². The zero-order chi connectivity index (χ0) is 16.9. The second kappa shape index (κ2) is 7.64. The summed E-state index contributed by atoms with van der Waals surface area (Å²) in [6.45, 7) is 6.70. The number of nitrogens with one attached hydrogen (secondary N) is 1. The number of phenolic OH excluding ortho intramolecular Hbond substituents is 1. The molecule has 2 aromatic rings. The highest BCUT2D eigenvalue weighted by Gasteiger charge is 2.19. The lowest BCUT2D eigenvalue weighted by Crippen LogP contribution is -2.49. The van der Waals surface area contributed by atoms with Crippen LogP contribution in [0.5, 0.6) is 5.75 Å². The molecule has 1 aliphatic rings. The Morgan fingerprint density at radius 1 is 1.08 bits per heavy atom. The third-order valence-corrected chi connectivity index (χ3v) is 4.72. The quantitative estimate of drug-likeness (QED) is 0.839. The number of phenols is 1. The normalized spacial score (nSPS) is 15.3. The lowest BCUT2D eigenvalue weighted by molar-refractivity contribution is 0.177. The molecule has 1 saturated heterocycles. The van der Waals surface area contributed by atoms with Gasteiger partial charge in [0, 0.05) is 38.4 Å². The molecule has 126 valence electrons. The van der Waals surface area contributed by atoms with Crippen LogP contribution in [0.25, 0.3) is 0 Å². The third-order valence-electron chi connectivity index (χ3n) is 4.36. The monoisotopic (exact) mass is 341 g/mol. The summed E-state index contributed by atoms with van der Waals surface area (Å²) in [6.07, 6.45) is 0. The van der Waals surface area contributed by atoms with E-state index < -0.39 is 0 Å². The standard InChI is InChI=1S/C19H23N3OS/c1-15-5-2-3-8-18(15)20-19(24)22-11-9-21(10-12-22)14-16-6-4-7-17(23)13-16/h2-8,13,23H,9-12,14H2,1H3,(H,20,24). The van der Waals surface area contributed by atoms with E-state index in [2.05, 4.69) is 40.2 Å². The maximum Gasteiger partial charge on any atom is 0.173 e. The first-order valence-electron chi connectivity index (χ1n) is 8.23. The van der Waals surface area contributed by atoms with Gasteiger partial charge in [-0.05, 0) is 48.5 Å². The lowest BCUT2D eigenvalue weighted by Gasteiger charge is -2.36. The van der Waals surface area contributed by atoms with Crippen LogP contribution in [-0.4, -0.2) is 46.2 Å². The summed E-state index contributed by atoms with van der Waals surface area (Å²) in [6, 6.07) is 15.7. The zero-order valence-corrected chi connectivity index (χ0v) is 14.7. The van der Waals surface area contributed by atoms with Gasteiger partial charge in [-0.3, -0.25) is 4.90 Å². The van der Waals surface area contributed by atoms with Gasteiger partial charge in [0.05, 0.1) is 0 Å². The Morgan fingerprint density at radius 2 is 1.83 bits per heavy atom. The van der Waals surface area contributed by atoms with Gasteiger partial charge in [-0.1, -0.05) is 30.3 Å². The first-order chi connectivity index (χ1) is 11.6. The Balaban J connectivity index is 1.51. The van der Waals surface area contributed by atoms with Crippen molar-refractivity contribution in [1.29, 1.82) is 0 Å². The van der Waals surface area contributed by atoms with E-state index in [1.165, 1.54) is 5.56 Å². The average molecular weight is 341 g/mol. The fourth-order valence-electron chi connectivity index (χ4n) is 2.93. The van der Waals surface area contributed by atoms with E-state index in [0.29, 0.717) is 5.75 Å². The molecule has 0 atom stereocenters. The minimum Gasteiger partial charge on any atom is -0.508 e. The van der Waals surface area contributed by atoms with Crippen molar-refractivity contribution in [3.8, 4) is 5.75 Å². The molecule has 0 spiro atoms. The summed E-state index contributed by atoms with van der Waals surface area (Å²) >= 11 is 5.56. The van der Waals surface area contributed by atoms with Crippen molar-refractivity contribution in [3.63, 3.8) is 0 Å². The van der Waals surface area contributed by atoms with Gasteiger partial charge in [0.25, 0.3) is 0 Å². The van der Waals surface area contributed by atoms with Gasteiger partial charge < -0.3 is 15.3 Å². The first-order valence-corrected chi connectivity index (χ1v) is 8.64. The number of aryl methyl sites for hydroxylation is 1. The summed E-state index contributed by atoms with van der Waals surface area (Å²) in [5.41, 5.74) is 3.41. The topological polar surface area (TPSA) is 38.7 Å². The Morgan fingerprint density at radius 3 is 2.54 bits per heavy atom. The molecule has 3 rings (SSSR count). The molecule has 24 heavy (non-hydrogen) atoms. The number of aromatic hydroxyl groups is 1. The smallest absolute Gasteiger partial charge is 0.173 e. The van der Waals surface area contributed by atoms with Gasteiger partial charge in [0.1, 0.15) is 5.75 Å². The predicted molar refractivity (Wildman–Crippen MR) is 102 cm³/mol. The number of para-hydroxylation sites is 1. The minimum absolute atomic E-state index is 0.328. The van der Waals surface area contributed by atoms with E-state index in [0.717, 1.165) is 49.1 Å². The van der Waals surface area contributed by atoms with E-state index >= 15 is 0 Å². The van der Waals surface area contributed by atoms with E-state index in [-0.39, 0.29) is 0 Å². The Labute approximate surface area is 148 Å².